The Morgan fingerprint density at radius 2 is 1.68 bits per heavy atom. The molecule has 0 aliphatic rings. The molecule has 0 aliphatic carbocycles. The van der Waals surface area contributed by atoms with Gasteiger partial charge in [0, 0.05) is 11.4 Å². The maximum atomic E-state index is 12.0. The van der Waals surface area contributed by atoms with E-state index in [2.05, 4.69) is 15.3 Å². The van der Waals surface area contributed by atoms with Crippen molar-refractivity contribution in [2.75, 3.05) is 11.1 Å². The number of halogens is 2. The number of nitrogens with zero attached hydrogens (tertiary/aromatic N) is 2. The van der Waals surface area contributed by atoms with Crippen LogP contribution in [-0.4, -0.2) is 21.6 Å². The van der Waals surface area contributed by atoms with Crippen molar-refractivity contribution >= 4 is 46.6 Å². The average molecular weight is 356 g/mol. The second kappa shape index (κ2) is 7.31. The summed E-state index contributed by atoms with van der Waals surface area (Å²) in [5.74, 6) is -0.0248. The first-order valence-electron chi connectivity index (χ1n) is 6.57. The van der Waals surface area contributed by atoms with Gasteiger partial charge in [-0.2, -0.15) is 0 Å². The Hall–Kier alpha value is -1.30. The molecule has 0 unspecified atom stereocenters. The van der Waals surface area contributed by atoms with E-state index in [9.17, 15) is 4.79 Å². The Kier molecular flexibility index (Phi) is 5.67. The van der Waals surface area contributed by atoms with Gasteiger partial charge in [0.15, 0.2) is 5.16 Å². The first-order valence-corrected chi connectivity index (χ1v) is 8.31. The molecule has 0 bridgehead atoms. The molecule has 7 heteroatoms. The summed E-state index contributed by atoms with van der Waals surface area (Å²) in [6.45, 7) is 5.83. The minimum Gasteiger partial charge on any atom is -0.323 e. The summed E-state index contributed by atoms with van der Waals surface area (Å²) in [5, 5.41) is 4.11. The number of aromatic nitrogens is 2. The fraction of sp³-hybridized carbons (Fsp3) is 0.267. The highest BCUT2D eigenvalue weighted by molar-refractivity contribution is 7.99. The summed E-state index contributed by atoms with van der Waals surface area (Å²) < 4.78 is 0. The van der Waals surface area contributed by atoms with E-state index in [1.807, 2.05) is 20.8 Å². The zero-order valence-electron chi connectivity index (χ0n) is 12.4. The highest BCUT2D eigenvalue weighted by Gasteiger charge is 2.11. The van der Waals surface area contributed by atoms with Crippen LogP contribution in [0.1, 0.15) is 17.0 Å². The highest BCUT2D eigenvalue weighted by Crippen LogP contribution is 2.30. The van der Waals surface area contributed by atoms with Gasteiger partial charge in [0.25, 0.3) is 0 Å². The van der Waals surface area contributed by atoms with Crippen LogP contribution in [-0.2, 0) is 4.79 Å². The van der Waals surface area contributed by atoms with E-state index < -0.39 is 0 Å². The molecule has 0 atom stereocenters. The van der Waals surface area contributed by atoms with Crippen LogP contribution in [0.5, 0.6) is 0 Å². The quantitative estimate of drug-likeness (QED) is 0.650. The first kappa shape index (κ1) is 17.1. The first-order chi connectivity index (χ1) is 10.4. The number of carbonyl (C=O) groups is 1. The zero-order valence-corrected chi connectivity index (χ0v) is 14.7. The lowest BCUT2D eigenvalue weighted by molar-refractivity contribution is -0.113. The van der Waals surface area contributed by atoms with Crippen LogP contribution in [0.25, 0.3) is 0 Å². The molecule has 0 spiro atoms. The molecule has 1 N–H and O–H groups in total. The third-order valence-corrected chi connectivity index (χ3v) is 4.65. The van der Waals surface area contributed by atoms with Crippen LogP contribution in [0, 0.1) is 20.8 Å². The largest absolute Gasteiger partial charge is 0.323 e. The summed E-state index contributed by atoms with van der Waals surface area (Å²) in [5.41, 5.74) is 3.33. The summed E-state index contributed by atoms with van der Waals surface area (Å²) in [6, 6.07) is 5.07. The topological polar surface area (TPSA) is 54.9 Å². The van der Waals surface area contributed by atoms with Crippen LogP contribution in [0.3, 0.4) is 0 Å². The summed E-state index contributed by atoms with van der Waals surface area (Å²) >= 11 is 13.3. The molecule has 0 fully saturated rings. The van der Waals surface area contributed by atoms with Gasteiger partial charge >= 0.3 is 0 Å². The molecule has 0 saturated heterocycles. The van der Waals surface area contributed by atoms with E-state index in [0.717, 1.165) is 17.0 Å². The molecule has 22 heavy (non-hydrogen) atoms. The Bertz CT molecular complexity index is 679. The normalized spacial score (nSPS) is 10.6. The van der Waals surface area contributed by atoms with Crippen molar-refractivity contribution < 1.29 is 4.79 Å². The predicted molar refractivity (Wildman–Crippen MR) is 92.1 cm³/mol. The maximum absolute atomic E-state index is 12.0. The van der Waals surface area contributed by atoms with Crippen LogP contribution in [0.15, 0.2) is 23.4 Å². The molecule has 116 valence electrons. The van der Waals surface area contributed by atoms with Crippen molar-refractivity contribution in [3.05, 3.63) is 45.2 Å². The third kappa shape index (κ3) is 4.12. The van der Waals surface area contributed by atoms with E-state index >= 15 is 0 Å². The minimum atomic E-state index is -0.209. The molecular weight excluding hydrogens is 341 g/mol. The van der Waals surface area contributed by atoms with Crippen molar-refractivity contribution in [2.45, 2.75) is 25.9 Å². The Labute approximate surface area is 143 Å². The van der Waals surface area contributed by atoms with Gasteiger partial charge in [0.2, 0.25) is 5.91 Å². The second-order valence-corrected chi connectivity index (χ2v) is 6.49. The van der Waals surface area contributed by atoms with Crippen molar-refractivity contribution in [3.8, 4) is 0 Å². The molecule has 1 aromatic carbocycles. The standard InChI is InChI=1S/C15H15Cl2N3OS/c1-8-9(2)18-15(19-10(8)3)22-7-13(21)20-14-11(16)5-4-6-12(14)17/h4-6H,7H2,1-3H3,(H,20,21). The molecule has 2 aromatic rings. The predicted octanol–water partition coefficient (Wildman–Crippen LogP) is 4.44. The third-order valence-electron chi connectivity index (χ3n) is 3.17. The monoisotopic (exact) mass is 355 g/mol. The van der Waals surface area contributed by atoms with Gasteiger partial charge in [-0.25, -0.2) is 9.97 Å². The SMILES string of the molecule is Cc1nc(SCC(=O)Nc2c(Cl)cccc2Cl)nc(C)c1C. The van der Waals surface area contributed by atoms with Crippen LogP contribution in [0.2, 0.25) is 10.0 Å². The Morgan fingerprint density at radius 3 is 2.23 bits per heavy atom. The number of nitrogens with one attached hydrogen (secondary N) is 1. The van der Waals surface area contributed by atoms with Gasteiger partial charge in [-0.3, -0.25) is 4.79 Å². The smallest absolute Gasteiger partial charge is 0.234 e. The number of rotatable bonds is 4. The number of hydrogen-bond acceptors (Lipinski definition) is 4. The van der Waals surface area contributed by atoms with Crippen molar-refractivity contribution in [3.63, 3.8) is 0 Å². The van der Waals surface area contributed by atoms with Gasteiger partial charge < -0.3 is 5.32 Å². The number of hydrogen-bond donors (Lipinski definition) is 1. The molecule has 0 saturated carbocycles. The fourth-order valence-corrected chi connectivity index (χ4v) is 2.96. The summed E-state index contributed by atoms with van der Waals surface area (Å²) in [4.78, 5) is 20.8. The number of benzene rings is 1. The molecule has 1 aromatic heterocycles. The molecule has 0 aliphatic heterocycles. The van der Waals surface area contributed by atoms with Gasteiger partial charge in [0.1, 0.15) is 0 Å². The molecule has 2 rings (SSSR count). The molecule has 4 nitrogen and oxygen atoms in total. The van der Waals surface area contributed by atoms with E-state index in [-0.39, 0.29) is 11.7 Å². The van der Waals surface area contributed by atoms with Gasteiger partial charge in [-0.15, -0.1) is 0 Å². The lowest BCUT2D eigenvalue weighted by Crippen LogP contribution is -2.15. The Morgan fingerprint density at radius 1 is 1.14 bits per heavy atom. The minimum absolute atomic E-state index is 0.184. The van der Waals surface area contributed by atoms with E-state index in [0.29, 0.717) is 20.9 Å². The van der Waals surface area contributed by atoms with Crippen molar-refractivity contribution in [1.29, 1.82) is 0 Å². The number of aryl methyl sites for hydroxylation is 2. The van der Waals surface area contributed by atoms with Crippen molar-refractivity contribution in [1.82, 2.24) is 9.97 Å². The fourth-order valence-electron chi connectivity index (χ4n) is 1.73. The van der Waals surface area contributed by atoms with Crippen molar-refractivity contribution in [2.24, 2.45) is 0 Å². The van der Waals surface area contributed by atoms with E-state index in [4.69, 9.17) is 23.2 Å². The highest BCUT2D eigenvalue weighted by atomic mass is 35.5. The van der Waals surface area contributed by atoms with Crippen LogP contribution in [0.4, 0.5) is 5.69 Å². The van der Waals surface area contributed by atoms with E-state index in [1.165, 1.54) is 11.8 Å². The second-order valence-electron chi connectivity index (χ2n) is 4.74. The molecule has 0 radical (unpaired) electrons. The van der Waals surface area contributed by atoms with Gasteiger partial charge in [-0.05, 0) is 38.5 Å². The number of anilines is 1. The average Bonchev–Trinajstić information content (AvgIpc) is 2.46. The Balaban J connectivity index is 2.02. The lowest BCUT2D eigenvalue weighted by atomic mass is 10.2. The number of amides is 1. The van der Waals surface area contributed by atoms with Gasteiger partial charge in [-0.1, -0.05) is 41.0 Å². The van der Waals surface area contributed by atoms with Crippen LogP contribution < -0.4 is 5.32 Å². The summed E-state index contributed by atoms with van der Waals surface area (Å²) in [7, 11) is 0. The number of carbonyl (C=O) groups excluding carboxylic acids is 1. The lowest BCUT2D eigenvalue weighted by Gasteiger charge is -2.09. The number of thioether (sulfide) groups is 1. The molecule has 1 heterocycles. The maximum Gasteiger partial charge on any atom is 0.234 e. The van der Waals surface area contributed by atoms with Gasteiger partial charge in [0.05, 0.1) is 21.5 Å². The summed E-state index contributed by atoms with van der Waals surface area (Å²) in [6.07, 6.45) is 0. The molecule has 1 amide bonds. The molecular formula is C15H15Cl2N3OS. The zero-order chi connectivity index (χ0) is 16.3. The number of para-hydroxylation sites is 1. The van der Waals surface area contributed by atoms with Crippen LogP contribution >= 0.6 is 35.0 Å². The van der Waals surface area contributed by atoms with E-state index in [1.54, 1.807) is 18.2 Å².